The Balaban J connectivity index is 1.98. The van der Waals surface area contributed by atoms with Crippen LogP contribution in [0.15, 0.2) is 51.9 Å². The molecule has 5 nitrogen and oxygen atoms in total. The molecule has 1 atom stereocenters. The monoisotopic (exact) mass is 441 g/mol. The molecular formula is C21H17BrFN3O2. The van der Waals surface area contributed by atoms with Crippen LogP contribution in [0.25, 0.3) is 22.2 Å². The van der Waals surface area contributed by atoms with Crippen LogP contribution in [-0.2, 0) is 9.53 Å². The van der Waals surface area contributed by atoms with Crippen LogP contribution in [0.1, 0.15) is 12.5 Å². The lowest BCUT2D eigenvalue weighted by Gasteiger charge is -2.20. The van der Waals surface area contributed by atoms with Gasteiger partial charge < -0.3 is 10.1 Å². The van der Waals surface area contributed by atoms with Gasteiger partial charge in [0.2, 0.25) is 0 Å². The highest BCUT2D eigenvalue weighted by atomic mass is 79.9. The first kappa shape index (κ1) is 18.6. The third-order valence-electron chi connectivity index (χ3n) is 4.59. The van der Waals surface area contributed by atoms with Gasteiger partial charge in [0.05, 0.1) is 36.3 Å². The molecule has 28 heavy (non-hydrogen) atoms. The molecule has 0 spiro atoms. The van der Waals surface area contributed by atoms with Gasteiger partial charge in [-0.2, -0.15) is 0 Å². The first-order valence-corrected chi connectivity index (χ1v) is 9.54. The number of nitrogens with zero attached hydrogens (tertiary/aromatic N) is 2. The molecule has 4 rings (SSSR count). The van der Waals surface area contributed by atoms with Gasteiger partial charge in [-0.15, -0.1) is 0 Å². The number of carbonyl (C=O) groups excluding carboxylic acids is 1. The maximum absolute atomic E-state index is 14.0. The second kappa shape index (κ2) is 7.31. The average Bonchev–Trinajstić information content (AvgIpc) is 3.52. The van der Waals surface area contributed by atoms with E-state index in [1.54, 1.807) is 13.0 Å². The molecule has 0 unspecified atom stereocenters. The Bertz CT molecular complexity index is 1110. The van der Waals surface area contributed by atoms with E-state index in [2.05, 4.69) is 26.2 Å². The predicted octanol–water partition coefficient (Wildman–Crippen LogP) is 4.58. The Hall–Kier alpha value is -2.80. The smallest absolute Gasteiger partial charge is 0.327 e. The summed E-state index contributed by atoms with van der Waals surface area (Å²) in [6.07, 6.45) is 0. The number of rotatable bonds is 5. The van der Waals surface area contributed by atoms with Crippen molar-refractivity contribution in [1.82, 2.24) is 4.98 Å². The lowest BCUT2D eigenvalue weighted by molar-refractivity contribution is -0.141. The quantitative estimate of drug-likeness (QED) is 0.588. The molecule has 7 heteroatoms. The highest BCUT2D eigenvalue weighted by Crippen LogP contribution is 2.37. The summed E-state index contributed by atoms with van der Waals surface area (Å²) in [5.41, 5.74) is 4.57. The maximum atomic E-state index is 14.0. The summed E-state index contributed by atoms with van der Waals surface area (Å²) in [6.45, 7) is 2.29. The van der Waals surface area contributed by atoms with Gasteiger partial charge in [0.15, 0.2) is 0 Å². The van der Waals surface area contributed by atoms with Crippen molar-refractivity contribution in [3.8, 4) is 11.3 Å². The van der Waals surface area contributed by atoms with Gasteiger partial charge in [0, 0.05) is 21.0 Å². The number of esters is 1. The van der Waals surface area contributed by atoms with E-state index in [0.29, 0.717) is 23.1 Å². The van der Waals surface area contributed by atoms with Crippen molar-refractivity contribution >= 4 is 44.2 Å². The summed E-state index contributed by atoms with van der Waals surface area (Å²) >= 11 is 3.45. The number of hydrogen-bond acceptors (Lipinski definition) is 5. The van der Waals surface area contributed by atoms with Crippen LogP contribution in [0.3, 0.4) is 0 Å². The molecule has 2 heterocycles. The van der Waals surface area contributed by atoms with E-state index >= 15 is 0 Å². The molecule has 1 N–H and O–H groups in total. The Morgan fingerprint density at radius 2 is 1.96 bits per heavy atom. The number of fused-ring (bicyclic) bond motifs is 1. The molecule has 0 saturated carbocycles. The zero-order valence-electron chi connectivity index (χ0n) is 15.3. The van der Waals surface area contributed by atoms with E-state index in [1.165, 1.54) is 19.2 Å². The molecular weight excluding hydrogens is 425 g/mol. The van der Waals surface area contributed by atoms with Crippen molar-refractivity contribution in [2.45, 2.75) is 13.0 Å². The van der Waals surface area contributed by atoms with Crippen LogP contribution in [0.2, 0.25) is 0 Å². The number of pyridine rings is 1. The number of halogens is 2. The van der Waals surface area contributed by atoms with Crippen LogP contribution in [0.4, 0.5) is 10.1 Å². The van der Waals surface area contributed by atoms with Crippen molar-refractivity contribution in [2.24, 2.45) is 4.99 Å². The van der Waals surface area contributed by atoms with Crippen LogP contribution >= 0.6 is 15.9 Å². The topological polar surface area (TPSA) is 63.6 Å². The third kappa shape index (κ3) is 3.49. The largest absolute Gasteiger partial charge is 0.467 e. The summed E-state index contributed by atoms with van der Waals surface area (Å²) in [6, 6.07) is 11.6. The van der Waals surface area contributed by atoms with Gasteiger partial charge >= 0.3 is 5.97 Å². The van der Waals surface area contributed by atoms with Gasteiger partial charge in [-0.3, -0.25) is 4.99 Å². The fourth-order valence-electron chi connectivity index (χ4n) is 3.13. The molecule has 0 radical (unpaired) electrons. The number of benzene rings is 2. The van der Waals surface area contributed by atoms with Gasteiger partial charge in [0.25, 0.3) is 0 Å². The number of anilines is 1. The normalized spacial score (nSPS) is 13.8. The van der Waals surface area contributed by atoms with Crippen molar-refractivity contribution in [2.75, 3.05) is 19.0 Å². The number of aliphatic imine (C=N–C) groups is 1. The number of hydrogen-bond donors (Lipinski definition) is 1. The summed E-state index contributed by atoms with van der Waals surface area (Å²) in [4.78, 5) is 21.1. The standard InChI is InChI=1S/C21H17BrFN3O2/c1-11(21(27)28-2)25-20-15-9-14(23)7-8-16(15)26-19(18(20)17-10-24-17)12-3-5-13(22)6-4-12/h3-9,11H,10H2,1-2H3,(H,25,26)/t11-/m1/s1. The second-order valence-corrected chi connectivity index (χ2v) is 7.45. The Morgan fingerprint density at radius 1 is 1.25 bits per heavy atom. The fourth-order valence-corrected chi connectivity index (χ4v) is 3.40. The zero-order chi connectivity index (χ0) is 19.8. The summed E-state index contributed by atoms with van der Waals surface area (Å²) in [5, 5.41) is 3.80. The molecule has 3 aromatic rings. The number of carbonyl (C=O) groups is 1. The van der Waals surface area contributed by atoms with Gasteiger partial charge in [-0.1, -0.05) is 28.1 Å². The molecule has 0 amide bonds. The van der Waals surface area contributed by atoms with Gasteiger partial charge in [-0.05, 0) is 37.3 Å². The number of methoxy groups -OCH3 is 1. The molecule has 2 aromatic carbocycles. The Morgan fingerprint density at radius 3 is 2.61 bits per heavy atom. The average molecular weight is 442 g/mol. The maximum Gasteiger partial charge on any atom is 0.327 e. The SMILES string of the molecule is COC(=O)[C@@H](C)Nc1c(C2=NC2)c(-c2ccc(Br)cc2)nc2ccc(F)cc12. The van der Waals surface area contributed by atoms with Crippen molar-refractivity contribution in [1.29, 1.82) is 0 Å². The van der Waals surface area contributed by atoms with Crippen LogP contribution in [0, 0.1) is 5.82 Å². The molecule has 1 aromatic heterocycles. The minimum absolute atomic E-state index is 0.372. The van der Waals surface area contributed by atoms with Gasteiger partial charge in [-0.25, -0.2) is 14.2 Å². The minimum Gasteiger partial charge on any atom is -0.467 e. The first-order valence-electron chi connectivity index (χ1n) is 8.75. The third-order valence-corrected chi connectivity index (χ3v) is 5.11. The van der Waals surface area contributed by atoms with Crippen LogP contribution in [0.5, 0.6) is 0 Å². The zero-order valence-corrected chi connectivity index (χ0v) is 16.9. The van der Waals surface area contributed by atoms with Crippen molar-refractivity contribution < 1.29 is 13.9 Å². The molecule has 1 aliphatic rings. The molecule has 0 saturated heterocycles. The van der Waals surface area contributed by atoms with Crippen molar-refractivity contribution in [3.05, 3.63) is 58.3 Å². The van der Waals surface area contributed by atoms with E-state index in [9.17, 15) is 9.18 Å². The summed E-state index contributed by atoms with van der Waals surface area (Å²) < 4.78 is 19.8. The lowest BCUT2D eigenvalue weighted by atomic mass is 9.98. The fraction of sp³-hybridized carbons (Fsp3) is 0.190. The van der Waals surface area contributed by atoms with Crippen LogP contribution in [-0.4, -0.2) is 36.4 Å². The summed E-state index contributed by atoms with van der Waals surface area (Å²) in [5.74, 6) is -0.779. The predicted molar refractivity (Wildman–Crippen MR) is 111 cm³/mol. The van der Waals surface area contributed by atoms with E-state index < -0.39 is 12.0 Å². The minimum atomic E-state index is -0.616. The Labute approximate surface area is 169 Å². The molecule has 142 valence electrons. The van der Waals surface area contributed by atoms with E-state index in [1.807, 2.05) is 24.3 Å². The Kier molecular flexibility index (Phi) is 4.85. The second-order valence-electron chi connectivity index (χ2n) is 6.53. The van der Waals surface area contributed by atoms with E-state index in [0.717, 1.165) is 27.0 Å². The van der Waals surface area contributed by atoms with Gasteiger partial charge in [0.1, 0.15) is 11.9 Å². The highest BCUT2D eigenvalue weighted by molar-refractivity contribution is 9.10. The number of nitrogens with one attached hydrogen (secondary N) is 1. The van der Waals surface area contributed by atoms with Crippen molar-refractivity contribution in [3.63, 3.8) is 0 Å². The molecule has 0 aliphatic carbocycles. The van der Waals surface area contributed by atoms with E-state index in [4.69, 9.17) is 9.72 Å². The lowest BCUT2D eigenvalue weighted by Crippen LogP contribution is -2.28. The number of aromatic nitrogens is 1. The molecule has 0 fully saturated rings. The summed E-state index contributed by atoms with van der Waals surface area (Å²) in [7, 11) is 1.34. The molecule has 0 bridgehead atoms. The van der Waals surface area contributed by atoms with E-state index in [-0.39, 0.29) is 5.82 Å². The van der Waals surface area contributed by atoms with Crippen LogP contribution < -0.4 is 5.32 Å². The highest BCUT2D eigenvalue weighted by Gasteiger charge is 2.27. The first-order chi connectivity index (χ1) is 13.5. The number of ether oxygens (including phenoxy) is 1. The molecule has 1 aliphatic heterocycles.